The fraction of sp³-hybridized carbons (Fsp3) is 0.913. The first-order valence-electron chi connectivity index (χ1n) is 39.2. The predicted molar refractivity (Wildman–Crippen MR) is 386 cm³/mol. The van der Waals surface area contributed by atoms with Crippen molar-refractivity contribution in [2.45, 2.75) is 334 Å². The maximum Gasteiger partial charge on any atom is 0.364 e. The van der Waals surface area contributed by atoms with Crippen LogP contribution in [0.4, 0.5) is 0 Å². The number of aldehydes is 2. The Morgan fingerprint density at radius 2 is 0.714 bits per heavy atom. The van der Waals surface area contributed by atoms with E-state index < -0.39 is 389 Å². The molecule has 8 fully saturated rings. The van der Waals surface area contributed by atoms with Gasteiger partial charge in [0.25, 0.3) is 5.79 Å². The summed E-state index contributed by atoms with van der Waals surface area (Å²) >= 11 is 0. The molecule has 0 radical (unpaired) electrons. The molecular formula is C69H117N3O54. The molecule has 8 aliphatic heterocycles. The van der Waals surface area contributed by atoms with Crippen LogP contribution >= 0.6 is 0 Å². The number of carboxylic acid groups (broad SMARTS) is 1. The number of ether oxygens (including phenoxy) is 16. The van der Waals surface area contributed by atoms with Crippen molar-refractivity contribution in [3.05, 3.63) is 0 Å². The van der Waals surface area contributed by atoms with Gasteiger partial charge in [0.1, 0.15) is 232 Å². The normalized spacial score (nSPS) is 43.5. The fourth-order valence-electron chi connectivity index (χ4n) is 14.9. The van der Waals surface area contributed by atoms with Crippen molar-refractivity contribution in [3.8, 4) is 0 Å². The van der Waals surface area contributed by atoms with Crippen molar-refractivity contribution in [1.82, 2.24) is 16.0 Å². The SMILES string of the molecule is CC(=O)NC1C(O)CC(OCC2OC(OC3C(O)C(CO)OC(OC(C(O)CO)C(O)C(O)C=O)C3O)C(NC(C)=O)C(OC3OC(CO)C(O)C(O)C3O)C2O)(C(=O)O)OC1C(O)C(O)CO.CC(=O)N[C@H]1[C@H](O[C@H]2[C@@H](O)[C@@H](CO)O[C@@H](O[C@@H]([C@H](O)[C@@H](O)C=O)[C@H](O)CO)[C@@H]2O)O[C@H](CO)[C@@H](O[C@@H]2O[C@@H](C)[C@@H](O)[C@@H](O)[C@@H]2O)[C@@H]1O[C@@H]1O[C@H](CO)[C@H](O)[C@H](O)[C@H]1O. The molecule has 8 saturated heterocycles. The van der Waals surface area contributed by atoms with E-state index in [4.69, 9.17) is 75.8 Å². The number of hydrogen-bond acceptors (Lipinski definition) is 53. The lowest BCUT2D eigenvalue weighted by Gasteiger charge is -2.51. The molecule has 57 nitrogen and oxygen atoms in total. The molecule has 0 aromatic heterocycles. The molecule has 25 unspecified atom stereocenters. The number of aliphatic hydroxyl groups excluding tert-OH is 31. The highest BCUT2D eigenvalue weighted by atomic mass is 16.8. The minimum absolute atomic E-state index is 0.123. The second kappa shape index (κ2) is 48.3. The molecular weight excluding hydrogens is 1730 g/mol. The second-order valence-electron chi connectivity index (χ2n) is 30.8. The summed E-state index contributed by atoms with van der Waals surface area (Å²) in [6.07, 6.45) is -91.5. The second-order valence-corrected chi connectivity index (χ2v) is 30.8. The summed E-state index contributed by atoms with van der Waals surface area (Å²) in [6, 6.07) is -5.36. The quantitative estimate of drug-likeness (QED) is 0.0254. The van der Waals surface area contributed by atoms with Gasteiger partial charge in [-0.2, -0.15) is 0 Å². The van der Waals surface area contributed by atoms with Crippen LogP contribution in [0.3, 0.4) is 0 Å². The van der Waals surface area contributed by atoms with Crippen molar-refractivity contribution >= 4 is 36.3 Å². The molecule has 126 heavy (non-hydrogen) atoms. The zero-order chi connectivity index (χ0) is 94.4. The largest absolute Gasteiger partial charge is 0.477 e. The number of carbonyl (C=O) groups excluding carboxylic acids is 5. The molecule has 8 rings (SSSR count). The monoisotopic (exact) mass is 1850 g/mol. The Balaban J connectivity index is 0.000000350. The molecule has 8 heterocycles. The molecule has 35 N–H and O–H groups in total. The predicted octanol–water partition coefficient (Wildman–Crippen LogP) is -23.5. The topological polar surface area (TPSA) is 934 Å². The first-order chi connectivity index (χ1) is 59.2. The summed E-state index contributed by atoms with van der Waals surface area (Å²) in [6.45, 7) is -5.43. The lowest BCUT2D eigenvalue weighted by molar-refractivity contribution is -0.388. The highest BCUT2D eigenvalue weighted by Crippen LogP contribution is 2.41. The van der Waals surface area contributed by atoms with Gasteiger partial charge in [-0.3, -0.25) is 14.4 Å². The van der Waals surface area contributed by atoms with Gasteiger partial charge >= 0.3 is 5.97 Å². The number of nitrogens with one attached hydrogen (secondary N) is 3. The van der Waals surface area contributed by atoms with Gasteiger partial charge < -0.3 is 265 Å². The summed E-state index contributed by atoms with van der Waals surface area (Å²) in [5.41, 5.74) is 0. The summed E-state index contributed by atoms with van der Waals surface area (Å²) in [5, 5.41) is 342. The Bertz CT molecular complexity index is 3340. The molecule has 0 aromatic rings. The summed E-state index contributed by atoms with van der Waals surface area (Å²) in [4.78, 5) is 72.9. The molecule has 8 aliphatic rings. The van der Waals surface area contributed by atoms with Gasteiger partial charge in [-0.15, -0.1) is 0 Å². The minimum Gasteiger partial charge on any atom is -0.477 e. The highest BCUT2D eigenvalue weighted by Gasteiger charge is 2.62. The average molecular weight is 1850 g/mol. The first-order valence-corrected chi connectivity index (χ1v) is 39.2. The van der Waals surface area contributed by atoms with Crippen molar-refractivity contribution in [1.29, 1.82) is 0 Å². The van der Waals surface area contributed by atoms with Gasteiger partial charge in [0.2, 0.25) is 17.7 Å². The average Bonchev–Trinajstić information content (AvgIpc) is 0.763. The summed E-state index contributed by atoms with van der Waals surface area (Å²) in [7, 11) is 0. The fourth-order valence-corrected chi connectivity index (χ4v) is 14.9. The molecule has 732 valence electrons. The summed E-state index contributed by atoms with van der Waals surface area (Å²) < 4.78 is 91.1. The van der Waals surface area contributed by atoms with Gasteiger partial charge in [-0.25, -0.2) is 4.79 Å². The zero-order valence-electron chi connectivity index (χ0n) is 67.2. The van der Waals surface area contributed by atoms with Crippen molar-refractivity contribution in [2.75, 3.05) is 59.5 Å². The molecule has 0 bridgehead atoms. The Morgan fingerprint density at radius 3 is 1.10 bits per heavy atom. The summed E-state index contributed by atoms with van der Waals surface area (Å²) in [5.74, 6) is -7.75. The molecule has 0 aromatic carbocycles. The van der Waals surface area contributed by atoms with E-state index in [2.05, 4.69) is 16.0 Å². The maximum atomic E-state index is 13.0. The van der Waals surface area contributed by atoms with Crippen LogP contribution < -0.4 is 16.0 Å². The van der Waals surface area contributed by atoms with Gasteiger partial charge in [0.15, 0.2) is 56.6 Å². The van der Waals surface area contributed by atoms with Crippen LogP contribution in [0.2, 0.25) is 0 Å². The van der Waals surface area contributed by atoms with E-state index in [1.165, 1.54) is 6.92 Å². The van der Waals surface area contributed by atoms with Crippen molar-refractivity contribution in [3.63, 3.8) is 0 Å². The first kappa shape index (κ1) is 108. The van der Waals surface area contributed by atoms with Gasteiger partial charge in [0.05, 0.1) is 77.7 Å². The molecule has 49 atom stereocenters. The standard InChI is InChI=1S/C37H62N2O29.C32H55NO25/c1-10(45)38-19-12(47)3-37(36(59)60,68-31(19)22(52)14(49)5-41)61-9-18-25(55)30(66-34-27(57)26(56)23(53)16(7-43)62-34)20(39-11(2)46)33(64-18)67-32-24(54)17(8-44)63-35(28(32)58)65-29(15(50)6-42)21(51)13(48)4-40;1-8-16(42)20(46)22(48)30(51-8)56-26-14(7-38)54-29(15(33-9(2)39)27(26)57-31-23(49)21(47)18(44)12(5-36)52-31)58-28-19(45)13(6-37)53-32(24(28)50)55-25(11(41)4-35)17(43)10(40)3-34/h4,12-35,41-44,47-58H,3,5-9H2,1-2H3,(H,38,45)(H,39,46)(H,59,60);3,8,10-32,35-38,40-50H,4-7H2,1-2H3,(H,33,39)/t;8-,10-,11+,12+,13+,14+,15+,16+,17+,18-,19-,20+,21-,22-,23+,24+,25+,26+,27+,28-,29-,30-,31-,32-/m.0/s1. The number of amides is 3. The third-order valence-electron chi connectivity index (χ3n) is 21.9. The van der Waals surface area contributed by atoms with Crippen LogP contribution in [0.5, 0.6) is 0 Å². The smallest absolute Gasteiger partial charge is 0.364 e. The number of carboxylic acids is 1. The molecule has 0 spiro atoms. The third kappa shape index (κ3) is 25.2. The van der Waals surface area contributed by atoms with E-state index in [0.717, 1.165) is 20.8 Å². The van der Waals surface area contributed by atoms with Crippen LogP contribution in [0, 0.1) is 0 Å². The van der Waals surface area contributed by atoms with E-state index in [-0.39, 0.29) is 12.6 Å². The number of aliphatic carboxylic acids is 1. The number of rotatable bonds is 39. The number of aliphatic hydroxyl groups is 31. The Morgan fingerprint density at radius 1 is 0.381 bits per heavy atom. The Labute approximate surface area is 711 Å². The maximum absolute atomic E-state index is 13.0. The number of carbonyl (C=O) groups is 6. The van der Waals surface area contributed by atoms with Gasteiger partial charge in [0, 0.05) is 27.2 Å². The highest BCUT2D eigenvalue weighted by molar-refractivity contribution is 5.77. The van der Waals surface area contributed by atoms with E-state index in [1.807, 2.05) is 0 Å². The van der Waals surface area contributed by atoms with Crippen molar-refractivity contribution < 1.29 is 268 Å². The number of hydrogen-bond donors (Lipinski definition) is 35. The lowest BCUT2D eigenvalue weighted by atomic mass is 9.88. The van der Waals surface area contributed by atoms with Crippen LogP contribution in [-0.4, -0.2) is 559 Å². The molecule has 0 saturated carbocycles. The van der Waals surface area contributed by atoms with E-state index >= 15 is 0 Å². The third-order valence-corrected chi connectivity index (χ3v) is 21.9. The lowest BCUT2D eigenvalue weighted by Crippen LogP contribution is -2.71. The molecule has 0 aliphatic carbocycles. The van der Waals surface area contributed by atoms with Crippen molar-refractivity contribution in [2.24, 2.45) is 0 Å². The van der Waals surface area contributed by atoms with Crippen LogP contribution in [0.15, 0.2) is 0 Å². The van der Waals surface area contributed by atoms with Crippen LogP contribution in [0.1, 0.15) is 34.1 Å². The van der Waals surface area contributed by atoms with Gasteiger partial charge in [-0.1, -0.05) is 0 Å². The van der Waals surface area contributed by atoms with E-state index in [9.17, 15) is 192 Å². The van der Waals surface area contributed by atoms with E-state index in [0.29, 0.717) is 0 Å². The molecule has 3 amide bonds. The van der Waals surface area contributed by atoms with Gasteiger partial charge in [-0.05, 0) is 6.92 Å². The minimum atomic E-state index is -3.08. The Hall–Kier alpha value is -4.66. The van der Waals surface area contributed by atoms with Crippen LogP contribution in [0.25, 0.3) is 0 Å². The van der Waals surface area contributed by atoms with Crippen LogP contribution in [-0.2, 0) is 105 Å². The molecule has 57 heteroatoms. The Kier molecular flexibility index (Phi) is 41.6. The zero-order valence-corrected chi connectivity index (χ0v) is 67.2. The van der Waals surface area contributed by atoms with E-state index in [1.54, 1.807) is 0 Å².